The van der Waals surface area contributed by atoms with E-state index in [0.29, 0.717) is 16.5 Å². The van der Waals surface area contributed by atoms with Gasteiger partial charge < -0.3 is 19.2 Å². The van der Waals surface area contributed by atoms with Crippen molar-refractivity contribution < 1.29 is 14.3 Å². The van der Waals surface area contributed by atoms with E-state index in [9.17, 15) is 5.11 Å². The molecule has 0 amide bonds. The summed E-state index contributed by atoms with van der Waals surface area (Å²) in [7, 11) is 1.68. The fraction of sp³-hybridized carbons (Fsp3) is 0.231. The van der Waals surface area contributed by atoms with Gasteiger partial charge in [-0.25, -0.2) is 0 Å². The van der Waals surface area contributed by atoms with Gasteiger partial charge in [0.2, 0.25) is 16.7 Å². The number of piperazine rings is 1. The van der Waals surface area contributed by atoms with Gasteiger partial charge in [0.15, 0.2) is 5.76 Å². The van der Waals surface area contributed by atoms with Crippen LogP contribution in [0.15, 0.2) is 75.8 Å². The molecule has 1 N–H and O–H groups in total. The molecular formula is C26H24BrN5O3S. The van der Waals surface area contributed by atoms with Crippen molar-refractivity contribution in [3.05, 3.63) is 81.8 Å². The van der Waals surface area contributed by atoms with Crippen LogP contribution in [0.5, 0.6) is 11.6 Å². The van der Waals surface area contributed by atoms with E-state index >= 15 is 0 Å². The number of hydrogen-bond donors (Lipinski definition) is 1. The summed E-state index contributed by atoms with van der Waals surface area (Å²) in [5.41, 5.74) is 2.29. The maximum absolute atomic E-state index is 11.3. The van der Waals surface area contributed by atoms with Gasteiger partial charge in [0, 0.05) is 36.3 Å². The van der Waals surface area contributed by atoms with Crippen molar-refractivity contribution in [3.63, 3.8) is 0 Å². The molecular weight excluding hydrogens is 542 g/mol. The van der Waals surface area contributed by atoms with Crippen molar-refractivity contribution in [1.82, 2.24) is 19.5 Å². The molecule has 36 heavy (non-hydrogen) atoms. The number of furan rings is 1. The van der Waals surface area contributed by atoms with Crippen molar-refractivity contribution in [1.29, 1.82) is 0 Å². The number of hydrogen-bond acceptors (Lipinski definition) is 8. The summed E-state index contributed by atoms with van der Waals surface area (Å²) in [5, 5.41) is 15.8. The van der Waals surface area contributed by atoms with E-state index in [0.717, 1.165) is 46.8 Å². The molecule has 1 aliphatic heterocycles. The molecule has 6 rings (SSSR count). The quantitative estimate of drug-likeness (QED) is 0.293. The normalized spacial score (nSPS) is 15.4. The van der Waals surface area contributed by atoms with Gasteiger partial charge >= 0.3 is 0 Å². The average molecular weight is 566 g/mol. The largest absolute Gasteiger partial charge is 0.497 e. The van der Waals surface area contributed by atoms with Crippen LogP contribution >= 0.6 is 27.3 Å². The molecule has 3 aromatic heterocycles. The lowest BCUT2D eigenvalue weighted by Gasteiger charge is -2.40. The molecule has 8 nitrogen and oxygen atoms in total. The van der Waals surface area contributed by atoms with Gasteiger partial charge in [0.05, 0.1) is 24.3 Å². The van der Waals surface area contributed by atoms with E-state index in [2.05, 4.69) is 60.1 Å². The molecule has 1 fully saturated rings. The van der Waals surface area contributed by atoms with Crippen molar-refractivity contribution >= 4 is 37.9 Å². The van der Waals surface area contributed by atoms with E-state index in [1.807, 2.05) is 30.3 Å². The highest BCUT2D eigenvalue weighted by molar-refractivity contribution is 9.10. The molecule has 2 aromatic carbocycles. The molecule has 1 unspecified atom stereocenters. The van der Waals surface area contributed by atoms with Crippen molar-refractivity contribution in [3.8, 4) is 23.2 Å². The van der Waals surface area contributed by atoms with E-state index in [4.69, 9.17) is 9.15 Å². The molecule has 5 aromatic rings. The minimum absolute atomic E-state index is 0.114. The zero-order valence-electron chi connectivity index (χ0n) is 19.5. The SMILES string of the molecule is COc1ccc(N2CCN(C(c3cccc(Br)c3)c3sc4nc(-c5ccco5)nn4c3O)CC2)cc1. The summed E-state index contributed by atoms with van der Waals surface area (Å²) in [6, 6.07) is 19.9. The summed E-state index contributed by atoms with van der Waals surface area (Å²) in [4.78, 5) is 10.9. The molecule has 4 heterocycles. The Kier molecular flexibility index (Phi) is 6.16. The summed E-state index contributed by atoms with van der Waals surface area (Å²) >= 11 is 5.08. The Morgan fingerprint density at radius 3 is 2.53 bits per heavy atom. The molecule has 184 valence electrons. The van der Waals surface area contributed by atoms with Crippen LogP contribution in [0.1, 0.15) is 16.5 Å². The van der Waals surface area contributed by atoms with Crippen LogP contribution < -0.4 is 9.64 Å². The smallest absolute Gasteiger partial charge is 0.230 e. The number of rotatable bonds is 6. The second-order valence-corrected chi connectivity index (χ2v) is 10.5. The standard InChI is InChI=1S/C26H24BrN5O3S/c1-34-20-9-7-19(8-10-20)30-11-13-31(14-12-30)22(17-4-2-5-18(27)16-17)23-25(33)32-26(36-23)28-24(29-32)21-6-3-15-35-21/h2-10,15-16,22,33H,11-14H2,1H3. The van der Waals surface area contributed by atoms with E-state index in [-0.39, 0.29) is 11.9 Å². The minimum atomic E-state index is -0.124. The van der Waals surface area contributed by atoms with Crippen LogP contribution in [-0.4, -0.2) is 57.9 Å². The van der Waals surface area contributed by atoms with Crippen LogP contribution in [-0.2, 0) is 0 Å². The number of ether oxygens (including phenoxy) is 1. The molecule has 0 bridgehead atoms. The number of methoxy groups -OCH3 is 1. The molecule has 1 aliphatic rings. The third-order valence-electron chi connectivity index (χ3n) is 6.47. The Balaban J connectivity index is 1.31. The summed E-state index contributed by atoms with van der Waals surface area (Å²) < 4.78 is 13.2. The van der Waals surface area contributed by atoms with Gasteiger partial charge in [0.25, 0.3) is 0 Å². The zero-order valence-corrected chi connectivity index (χ0v) is 21.9. The summed E-state index contributed by atoms with van der Waals surface area (Å²) in [6.45, 7) is 3.43. The molecule has 10 heteroatoms. The Morgan fingerprint density at radius 1 is 1.06 bits per heavy atom. The van der Waals surface area contributed by atoms with Crippen molar-refractivity contribution in [2.24, 2.45) is 0 Å². The number of anilines is 1. The minimum Gasteiger partial charge on any atom is -0.497 e. The number of aromatic hydroxyl groups is 1. The second kappa shape index (κ2) is 9.61. The first kappa shape index (κ1) is 23.1. The fourth-order valence-corrected chi connectivity index (χ4v) is 6.21. The number of aromatic nitrogens is 3. The monoisotopic (exact) mass is 565 g/mol. The molecule has 0 aliphatic carbocycles. The number of nitrogens with zero attached hydrogens (tertiary/aromatic N) is 5. The third kappa shape index (κ3) is 4.25. The highest BCUT2D eigenvalue weighted by atomic mass is 79.9. The molecule has 1 atom stereocenters. The first-order valence-electron chi connectivity index (χ1n) is 11.6. The Hall–Kier alpha value is -3.34. The van der Waals surface area contributed by atoms with E-state index in [1.54, 1.807) is 19.4 Å². The number of benzene rings is 2. The van der Waals surface area contributed by atoms with Gasteiger partial charge in [0.1, 0.15) is 5.75 Å². The first-order valence-corrected chi connectivity index (χ1v) is 13.2. The van der Waals surface area contributed by atoms with Crippen LogP contribution in [0.25, 0.3) is 16.5 Å². The lowest BCUT2D eigenvalue weighted by molar-refractivity contribution is 0.211. The Labute approximate surface area is 220 Å². The molecule has 0 radical (unpaired) electrons. The predicted molar refractivity (Wildman–Crippen MR) is 143 cm³/mol. The number of fused-ring (bicyclic) bond motifs is 1. The zero-order chi connectivity index (χ0) is 24.6. The van der Waals surface area contributed by atoms with Crippen LogP contribution in [0.3, 0.4) is 0 Å². The highest BCUT2D eigenvalue weighted by Gasteiger charge is 2.32. The average Bonchev–Trinajstić information content (AvgIpc) is 3.64. The fourth-order valence-electron chi connectivity index (χ4n) is 4.67. The van der Waals surface area contributed by atoms with E-state index < -0.39 is 0 Å². The van der Waals surface area contributed by atoms with Gasteiger partial charge in [-0.1, -0.05) is 39.4 Å². The first-order chi connectivity index (χ1) is 17.6. The number of halogens is 1. The maximum atomic E-state index is 11.3. The lowest BCUT2D eigenvalue weighted by atomic mass is 10.0. The molecule has 0 spiro atoms. The third-order valence-corrected chi connectivity index (χ3v) is 8.04. The van der Waals surface area contributed by atoms with Gasteiger partial charge in [-0.15, -0.1) is 5.10 Å². The molecule has 1 saturated heterocycles. The highest BCUT2D eigenvalue weighted by Crippen LogP contribution is 2.41. The maximum Gasteiger partial charge on any atom is 0.230 e. The topological polar surface area (TPSA) is 79.3 Å². The van der Waals surface area contributed by atoms with Crippen molar-refractivity contribution in [2.45, 2.75) is 6.04 Å². The summed E-state index contributed by atoms with van der Waals surface area (Å²) in [5.74, 6) is 2.00. The predicted octanol–water partition coefficient (Wildman–Crippen LogP) is 5.44. The Morgan fingerprint density at radius 2 is 1.86 bits per heavy atom. The Bertz CT molecular complexity index is 1470. The number of thiazole rings is 1. The second-order valence-electron chi connectivity index (χ2n) is 8.58. The van der Waals surface area contributed by atoms with Gasteiger partial charge in [-0.3, -0.25) is 4.90 Å². The lowest BCUT2D eigenvalue weighted by Crippen LogP contribution is -2.47. The molecule has 0 saturated carbocycles. The van der Waals surface area contributed by atoms with Gasteiger partial charge in [-0.05, 0) is 54.1 Å². The summed E-state index contributed by atoms with van der Waals surface area (Å²) in [6.07, 6.45) is 1.59. The van der Waals surface area contributed by atoms with Crippen molar-refractivity contribution in [2.75, 3.05) is 38.2 Å². The van der Waals surface area contributed by atoms with Crippen LogP contribution in [0, 0.1) is 0 Å². The van der Waals surface area contributed by atoms with Crippen LogP contribution in [0.4, 0.5) is 5.69 Å². The van der Waals surface area contributed by atoms with E-state index in [1.165, 1.54) is 21.5 Å². The van der Waals surface area contributed by atoms with Gasteiger partial charge in [-0.2, -0.15) is 9.50 Å². The van der Waals surface area contributed by atoms with Crippen LogP contribution in [0.2, 0.25) is 0 Å².